The van der Waals surface area contributed by atoms with Crippen LogP contribution in [-0.4, -0.2) is 9.80 Å². The summed E-state index contributed by atoms with van der Waals surface area (Å²) in [6.45, 7) is 4.16. The minimum atomic E-state index is 0.458. The molecule has 2 heteroatoms. The molecule has 0 aromatic heterocycles. The van der Waals surface area contributed by atoms with Crippen LogP contribution in [0.25, 0.3) is 0 Å². The Morgan fingerprint density at radius 1 is 1.43 bits per heavy atom. The summed E-state index contributed by atoms with van der Waals surface area (Å²) in [6.07, 6.45) is 2.13. The summed E-state index contributed by atoms with van der Waals surface area (Å²) in [5, 5.41) is 0.458. The normalized spacial score (nSPS) is 10.3. The van der Waals surface area contributed by atoms with Crippen LogP contribution in [0.15, 0.2) is 0 Å². The summed E-state index contributed by atoms with van der Waals surface area (Å²) in [5.74, 6) is 0. The zero-order valence-electron chi connectivity index (χ0n) is 4.85. The third-order valence-corrected chi connectivity index (χ3v) is 2.02. The summed E-state index contributed by atoms with van der Waals surface area (Å²) in [6, 6.07) is 0. The summed E-state index contributed by atoms with van der Waals surface area (Å²) < 4.78 is 8.44. The summed E-state index contributed by atoms with van der Waals surface area (Å²) in [5.41, 5.74) is 0. The Morgan fingerprint density at radius 3 is 1.86 bits per heavy atom. The van der Waals surface area contributed by atoms with Crippen molar-refractivity contribution in [3.8, 4) is 0 Å². The van der Waals surface area contributed by atoms with Gasteiger partial charge in [0, 0.05) is 5.25 Å². The molecule has 1 nitrogen and oxygen atoms in total. The molecule has 0 fully saturated rings. The van der Waals surface area contributed by atoms with E-state index in [0.29, 0.717) is 5.25 Å². The molecule has 0 saturated heterocycles. The summed E-state index contributed by atoms with van der Waals surface area (Å²) in [4.78, 5) is 0. The molecule has 0 aliphatic rings. The molecule has 0 aromatic rings. The van der Waals surface area contributed by atoms with Crippen molar-refractivity contribution < 1.29 is 4.55 Å². The summed E-state index contributed by atoms with van der Waals surface area (Å²) >= 11 is 0.970. The molecule has 0 spiro atoms. The SMILES string of the molecule is CCC(CC)SO. The van der Waals surface area contributed by atoms with Crippen LogP contribution in [0.2, 0.25) is 0 Å². The monoisotopic (exact) mass is 120 g/mol. The first-order valence-electron chi connectivity index (χ1n) is 2.65. The Morgan fingerprint density at radius 2 is 1.86 bits per heavy atom. The maximum Gasteiger partial charge on any atom is 0.0303 e. The van der Waals surface area contributed by atoms with Gasteiger partial charge in [0.1, 0.15) is 0 Å². The highest BCUT2D eigenvalue weighted by atomic mass is 32.2. The lowest BCUT2D eigenvalue weighted by molar-refractivity contribution is 0.635. The van der Waals surface area contributed by atoms with E-state index in [1.807, 2.05) is 0 Å². The minimum absolute atomic E-state index is 0.458. The standard InChI is InChI=1S/C5H12OS/c1-3-5(4-2)7-6/h5-6H,3-4H2,1-2H3. The second kappa shape index (κ2) is 4.47. The van der Waals surface area contributed by atoms with Crippen LogP contribution in [0, 0.1) is 0 Å². The maximum atomic E-state index is 8.44. The maximum absolute atomic E-state index is 8.44. The van der Waals surface area contributed by atoms with Gasteiger partial charge in [0.25, 0.3) is 0 Å². The topological polar surface area (TPSA) is 20.2 Å². The zero-order valence-corrected chi connectivity index (χ0v) is 5.66. The Bertz CT molecular complexity index is 29.6. The van der Waals surface area contributed by atoms with Gasteiger partial charge in [0.05, 0.1) is 0 Å². The molecule has 0 rings (SSSR count). The number of hydrogen-bond acceptors (Lipinski definition) is 2. The molecule has 0 amide bonds. The second-order valence-electron chi connectivity index (χ2n) is 1.54. The lowest BCUT2D eigenvalue weighted by atomic mass is 10.3. The molecule has 0 aromatic carbocycles. The van der Waals surface area contributed by atoms with Crippen LogP contribution in [0.4, 0.5) is 0 Å². The Hall–Kier alpha value is 0.310. The molecule has 1 N–H and O–H groups in total. The first-order valence-corrected chi connectivity index (χ1v) is 3.49. The van der Waals surface area contributed by atoms with Gasteiger partial charge in [-0.2, -0.15) is 0 Å². The average Bonchev–Trinajstić information content (AvgIpc) is 1.72. The van der Waals surface area contributed by atoms with E-state index in [9.17, 15) is 0 Å². The molecule has 44 valence electrons. The highest BCUT2D eigenvalue weighted by Gasteiger charge is 1.98. The summed E-state index contributed by atoms with van der Waals surface area (Å²) in [7, 11) is 0. The van der Waals surface area contributed by atoms with E-state index in [-0.39, 0.29) is 0 Å². The fourth-order valence-electron chi connectivity index (χ4n) is 0.438. The van der Waals surface area contributed by atoms with Gasteiger partial charge in [-0.15, -0.1) is 0 Å². The third kappa shape index (κ3) is 2.94. The number of hydrogen-bond donors (Lipinski definition) is 1. The van der Waals surface area contributed by atoms with Gasteiger partial charge in [0.15, 0.2) is 0 Å². The van der Waals surface area contributed by atoms with Crippen molar-refractivity contribution in [1.82, 2.24) is 0 Å². The zero-order chi connectivity index (χ0) is 5.70. The second-order valence-corrected chi connectivity index (χ2v) is 2.42. The van der Waals surface area contributed by atoms with Gasteiger partial charge in [-0.1, -0.05) is 13.8 Å². The molecule has 0 bridgehead atoms. The van der Waals surface area contributed by atoms with E-state index in [2.05, 4.69) is 13.8 Å². The molecular formula is C5H12OS. The lowest BCUT2D eigenvalue weighted by Gasteiger charge is -2.03. The van der Waals surface area contributed by atoms with Crippen molar-refractivity contribution in [3.05, 3.63) is 0 Å². The van der Waals surface area contributed by atoms with E-state index in [0.717, 1.165) is 24.9 Å². The van der Waals surface area contributed by atoms with E-state index in [1.54, 1.807) is 0 Å². The van der Waals surface area contributed by atoms with Crippen molar-refractivity contribution in [2.45, 2.75) is 31.9 Å². The molecular weight excluding hydrogens is 108 g/mol. The van der Waals surface area contributed by atoms with Crippen LogP contribution in [0.5, 0.6) is 0 Å². The van der Waals surface area contributed by atoms with Gasteiger partial charge in [-0.05, 0) is 24.9 Å². The molecule has 0 radical (unpaired) electrons. The van der Waals surface area contributed by atoms with Crippen molar-refractivity contribution in [3.63, 3.8) is 0 Å². The predicted octanol–water partition coefficient (Wildman–Crippen LogP) is 2.38. The first kappa shape index (κ1) is 7.31. The van der Waals surface area contributed by atoms with Crippen molar-refractivity contribution in [1.29, 1.82) is 0 Å². The first-order chi connectivity index (χ1) is 3.35. The van der Waals surface area contributed by atoms with Crippen molar-refractivity contribution in [2.75, 3.05) is 0 Å². The van der Waals surface area contributed by atoms with Gasteiger partial charge in [-0.25, -0.2) is 0 Å². The van der Waals surface area contributed by atoms with Crippen LogP contribution in [-0.2, 0) is 0 Å². The molecule has 0 heterocycles. The molecule has 0 aliphatic carbocycles. The fraction of sp³-hybridized carbons (Fsp3) is 1.00. The van der Waals surface area contributed by atoms with E-state index >= 15 is 0 Å². The van der Waals surface area contributed by atoms with Crippen LogP contribution in [0.1, 0.15) is 26.7 Å². The van der Waals surface area contributed by atoms with Crippen LogP contribution < -0.4 is 0 Å². The van der Waals surface area contributed by atoms with Crippen molar-refractivity contribution >= 4 is 12.0 Å². The smallest absolute Gasteiger partial charge is 0.0303 e. The quantitative estimate of drug-likeness (QED) is 0.577. The minimum Gasteiger partial charge on any atom is -0.330 e. The van der Waals surface area contributed by atoms with Gasteiger partial charge in [0.2, 0.25) is 0 Å². The third-order valence-electron chi connectivity index (χ3n) is 1.06. The molecule has 0 unspecified atom stereocenters. The number of rotatable bonds is 3. The predicted molar refractivity (Wildman–Crippen MR) is 34.6 cm³/mol. The van der Waals surface area contributed by atoms with Crippen molar-refractivity contribution in [2.24, 2.45) is 0 Å². The highest BCUT2D eigenvalue weighted by Crippen LogP contribution is 2.12. The van der Waals surface area contributed by atoms with E-state index < -0.39 is 0 Å². The van der Waals surface area contributed by atoms with E-state index in [1.165, 1.54) is 0 Å². The Labute approximate surface area is 49.3 Å². The van der Waals surface area contributed by atoms with Crippen LogP contribution in [0.3, 0.4) is 0 Å². The average molecular weight is 120 g/mol. The molecule has 0 aliphatic heterocycles. The molecule has 0 atom stereocenters. The largest absolute Gasteiger partial charge is 0.330 e. The van der Waals surface area contributed by atoms with Gasteiger partial charge >= 0.3 is 0 Å². The Balaban J connectivity index is 2.99. The highest BCUT2D eigenvalue weighted by molar-refractivity contribution is 7.94. The fourth-order valence-corrected chi connectivity index (χ4v) is 0.736. The lowest BCUT2D eigenvalue weighted by Crippen LogP contribution is -1.95. The molecule has 7 heavy (non-hydrogen) atoms. The Kier molecular flexibility index (Phi) is 4.67. The van der Waals surface area contributed by atoms with Gasteiger partial charge in [-0.3, -0.25) is 0 Å². The molecule has 0 saturated carbocycles. The van der Waals surface area contributed by atoms with Crippen LogP contribution >= 0.6 is 12.0 Å². The van der Waals surface area contributed by atoms with E-state index in [4.69, 9.17) is 4.55 Å². The van der Waals surface area contributed by atoms with Gasteiger partial charge < -0.3 is 4.55 Å².